The maximum Gasteiger partial charge on any atom is 0.158 e. The van der Waals surface area contributed by atoms with Gasteiger partial charge in [0.25, 0.3) is 0 Å². The number of piperazine rings is 1. The van der Waals surface area contributed by atoms with Crippen molar-refractivity contribution in [3.8, 4) is 23.1 Å². The first-order chi connectivity index (χ1) is 15.1. The van der Waals surface area contributed by atoms with Crippen LogP contribution in [-0.2, 0) is 0 Å². The lowest BCUT2D eigenvalue weighted by molar-refractivity contribution is 0.416. The van der Waals surface area contributed by atoms with Crippen LogP contribution in [0.4, 0.5) is 17.3 Å². The first-order valence-electron chi connectivity index (χ1n) is 9.94. The molecule has 0 spiro atoms. The van der Waals surface area contributed by atoms with E-state index in [1.54, 1.807) is 7.11 Å². The number of nitriles is 1. The maximum atomic E-state index is 8.82. The predicted octanol–water partition coefficient (Wildman–Crippen LogP) is 2.84. The van der Waals surface area contributed by atoms with Gasteiger partial charge in [-0.3, -0.25) is 5.10 Å². The summed E-state index contributed by atoms with van der Waals surface area (Å²) in [6, 6.07) is 10.3. The number of anilines is 3. The first kappa shape index (κ1) is 20.4. The molecule has 0 aliphatic carbocycles. The smallest absolute Gasteiger partial charge is 0.158 e. The molecule has 0 amide bonds. The highest BCUT2D eigenvalue weighted by molar-refractivity contribution is 5.73. The Labute approximate surface area is 180 Å². The van der Waals surface area contributed by atoms with Crippen LogP contribution in [-0.4, -0.2) is 53.0 Å². The van der Waals surface area contributed by atoms with Crippen molar-refractivity contribution in [2.45, 2.75) is 13.0 Å². The number of aromatic nitrogens is 4. The van der Waals surface area contributed by atoms with Crippen LogP contribution in [0.5, 0.6) is 5.75 Å². The highest BCUT2D eigenvalue weighted by atomic mass is 16.5. The van der Waals surface area contributed by atoms with E-state index in [0.717, 1.165) is 47.9 Å². The molecule has 3 N–H and O–H groups in total. The molecule has 2 aromatic heterocycles. The molecule has 4 rings (SSSR count). The summed E-state index contributed by atoms with van der Waals surface area (Å²) in [6.07, 6.45) is 2.90. The van der Waals surface area contributed by atoms with E-state index in [-0.39, 0.29) is 11.7 Å². The van der Waals surface area contributed by atoms with E-state index >= 15 is 0 Å². The zero-order valence-electron chi connectivity index (χ0n) is 17.5. The first-order valence-corrected chi connectivity index (χ1v) is 9.94. The Balaban J connectivity index is 1.53. The molecule has 1 aliphatic rings. The van der Waals surface area contributed by atoms with Crippen molar-refractivity contribution in [3.63, 3.8) is 0 Å². The third kappa shape index (κ3) is 4.49. The second-order valence-corrected chi connectivity index (χ2v) is 7.37. The minimum absolute atomic E-state index is 0.261. The van der Waals surface area contributed by atoms with Gasteiger partial charge in [0, 0.05) is 49.1 Å². The molecule has 9 nitrogen and oxygen atoms in total. The van der Waals surface area contributed by atoms with Gasteiger partial charge in [-0.2, -0.15) is 10.4 Å². The summed E-state index contributed by atoms with van der Waals surface area (Å²) in [4.78, 5) is 10.5. The van der Waals surface area contributed by atoms with E-state index < -0.39 is 0 Å². The monoisotopic (exact) mass is 416 g/mol. The molecule has 3 aromatic rings. The molecule has 3 heterocycles. The zero-order chi connectivity index (χ0) is 21.8. The standard InChI is InChI=1S/C22H24N8O/c1-14(2)19-13-30(7-6-24-19)16-4-5-17(20(8-16)31-3)18-9-21(29-28-18)27-22-12-25-15(10-23)11-26-22/h4-5,8-9,11-12,19,24H,1,6-7,13H2,2-3H3,(H2,26,27,28,29)/t19-/m0/s1. The Bertz CT molecular complexity index is 1120. The number of hydrogen-bond acceptors (Lipinski definition) is 8. The average Bonchev–Trinajstić information content (AvgIpc) is 3.27. The van der Waals surface area contributed by atoms with Gasteiger partial charge in [0.15, 0.2) is 11.5 Å². The number of H-pyrrole nitrogens is 1. The lowest BCUT2D eigenvalue weighted by Crippen LogP contribution is -2.51. The molecule has 1 fully saturated rings. The van der Waals surface area contributed by atoms with Crippen LogP contribution < -0.4 is 20.3 Å². The van der Waals surface area contributed by atoms with E-state index in [1.807, 2.05) is 18.2 Å². The Morgan fingerprint density at radius 1 is 1.29 bits per heavy atom. The molecule has 31 heavy (non-hydrogen) atoms. The van der Waals surface area contributed by atoms with Crippen LogP contribution in [0.1, 0.15) is 12.6 Å². The Kier molecular flexibility index (Phi) is 5.82. The average molecular weight is 416 g/mol. The van der Waals surface area contributed by atoms with Crippen molar-refractivity contribution in [1.29, 1.82) is 5.26 Å². The molecule has 158 valence electrons. The molecule has 0 radical (unpaired) electrons. The van der Waals surface area contributed by atoms with Gasteiger partial charge in [0.1, 0.15) is 17.6 Å². The van der Waals surface area contributed by atoms with E-state index in [4.69, 9.17) is 10.00 Å². The largest absolute Gasteiger partial charge is 0.496 e. The number of rotatable bonds is 6. The Morgan fingerprint density at radius 3 is 2.87 bits per heavy atom. The fraction of sp³-hybridized carbons (Fsp3) is 0.273. The molecule has 0 bridgehead atoms. The second kappa shape index (κ2) is 8.85. The van der Waals surface area contributed by atoms with Crippen molar-refractivity contribution in [1.82, 2.24) is 25.5 Å². The highest BCUT2D eigenvalue weighted by Gasteiger charge is 2.21. The summed E-state index contributed by atoms with van der Waals surface area (Å²) in [5, 5.41) is 22.7. The maximum absolute atomic E-state index is 8.82. The Morgan fingerprint density at radius 2 is 2.16 bits per heavy atom. The van der Waals surface area contributed by atoms with Crippen LogP contribution in [0.2, 0.25) is 0 Å². The minimum atomic E-state index is 0.261. The lowest BCUT2D eigenvalue weighted by Gasteiger charge is -2.35. The van der Waals surface area contributed by atoms with Gasteiger partial charge >= 0.3 is 0 Å². The fourth-order valence-electron chi connectivity index (χ4n) is 3.52. The van der Waals surface area contributed by atoms with Gasteiger partial charge in [-0.05, 0) is 19.1 Å². The van der Waals surface area contributed by atoms with Gasteiger partial charge in [0.2, 0.25) is 0 Å². The Hall–Kier alpha value is -3.90. The SMILES string of the molecule is C=C(C)[C@@H]1CN(c2ccc(-c3cc(Nc4cnc(C#N)cn4)n[nH]3)c(OC)c2)CCN1. The van der Waals surface area contributed by atoms with E-state index in [0.29, 0.717) is 11.6 Å². The summed E-state index contributed by atoms with van der Waals surface area (Å²) in [5.74, 6) is 1.85. The predicted molar refractivity (Wildman–Crippen MR) is 119 cm³/mol. The van der Waals surface area contributed by atoms with E-state index in [2.05, 4.69) is 61.3 Å². The van der Waals surface area contributed by atoms with Crippen molar-refractivity contribution in [3.05, 3.63) is 54.5 Å². The van der Waals surface area contributed by atoms with Crippen LogP contribution in [0, 0.1) is 11.3 Å². The summed E-state index contributed by atoms with van der Waals surface area (Å²) in [6.45, 7) is 8.85. The molecule has 1 atom stereocenters. The van der Waals surface area contributed by atoms with Gasteiger partial charge in [-0.25, -0.2) is 9.97 Å². The van der Waals surface area contributed by atoms with Crippen LogP contribution >= 0.6 is 0 Å². The molecular weight excluding hydrogens is 392 g/mol. The summed E-state index contributed by atoms with van der Waals surface area (Å²) in [5.41, 5.74) is 4.23. The number of benzene rings is 1. The van der Waals surface area contributed by atoms with Crippen molar-refractivity contribution >= 4 is 17.3 Å². The molecule has 0 unspecified atom stereocenters. The number of methoxy groups -OCH3 is 1. The molecular formula is C22H24N8O. The molecule has 0 saturated carbocycles. The molecule has 1 aliphatic heterocycles. The highest BCUT2D eigenvalue weighted by Crippen LogP contribution is 2.34. The number of nitrogens with one attached hydrogen (secondary N) is 3. The topological polar surface area (TPSA) is 115 Å². The van der Waals surface area contributed by atoms with Crippen molar-refractivity contribution < 1.29 is 4.74 Å². The van der Waals surface area contributed by atoms with Gasteiger partial charge < -0.3 is 20.3 Å². The molecule has 1 aromatic carbocycles. The zero-order valence-corrected chi connectivity index (χ0v) is 17.5. The van der Waals surface area contributed by atoms with Crippen LogP contribution in [0.3, 0.4) is 0 Å². The number of hydrogen-bond donors (Lipinski definition) is 3. The number of ether oxygens (including phenoxy) is 1. The lowest BCUT2D eigenvalue weighted by atomic mass is 10.1. The van der Waals surface area contributed by atoms with E-state index in [9.17, 15) is 0 Å². The summed E-state index contributed by atoms with van der Waals surface area (Å²) < 4.78 is 5.68. The van der Waals surface area contributed by atoms with E-state index in [1.165, 1.54) is 12.4 Å². The second-order valence-electron chi connectivity index (χ2n) is 7.37. The number of nitrogens with zero attached hydrogens (tertiary/aromatic N) is 5. The minimum Gasteiger partial charge on any atom is -0.496 e. The van der Waals surface area contributed by atoms with Crippen molar-refractivity contribution in [2.24, 2.45) is 0 Å². The molecule has 9 heteroatoms. The third-order valence-corrected chi connectivity index (χ3v) is 5.21. The van der Waals surface area contributed by atoms with Crippen LogP contribution in [0.25, 0.3) is 11.3 Å². The third-order valence-electron chi connectivity index (χ3n) is 5.21. The summed E-state index contributed by atoms with van der Waals surface area (Å²) >= 11 is 0. The number of aromatic amines is 1. The normalized spacial score (nSPS) is 15.9. The van der Waals surface area contributed by atoms with Gasteiger partial charge in [-0.1, -0.05) is 12.2 Å². The van der Waals surface area contributed by atoms with Gasteiger partial charge in [-0.15, -0.1) is 0 Å². The summed E-state index contributed by atoms with van der Waals surface area (Å²) in [7, 11) is 1.67. The quantitative estimate of drug-likeness (QED) is 0.526. The van der Waals surface area contributed by atoms with Gasteiger partial charge in [0.05, 0.1) is 25.2 Å². The van der Waals surface area contributed by atoms with Crippen LogP contribution in [0.15, 0.2) is 48.8 Å². The fourth-order valence-corrected chi connectivity index (χ4v) is 3.52. The molecule has 1 saturated heterocycles. The van der Waals surface area contributed by atoms with Crippen molar-refractivity contribution in [2.75, 3.05) is 37.0 Å².